The highest BCUT2D eigenvalue weighted by Crippen LogP contribution is 2.29. The van der Waals surface area contributed by atoms with E-state index in [0.717, 1.165) is 19.4 Å². The van der Waals surface area contributed by atoms with E-state index < -0.39 is 4.92 Å². The summed E-state index contributed by atoms with van der Waals surface area (Å²) in [5, 5.41) is 25.9. The van der Waals surface area contributed by atoms with E-state index in [0.29, 0.717) is 12.2 Å². The molecule has 0 spiro atoms. The molecule has 2 N–H and O–H groups in total. The van der Waals surface area contributed by atoms with Crippen LogP contribution in [0, 0.1) is 16.0 Å². The van der Waals surface area contributed by atoms with E-state index in [4.69, 9.17) is 5.11 Å². The molecule has 0 bridgehead atoms. The van der Waals surface area contributed by atoms with E-state index >= 15 is 0 Å². The Balaban J connectivity index is 2.16. The lowest BCUT2D eigenvalue weighted by molar-refractivity contribution is -0.388. The van der Waals surface area contributed by atoms with Crippen LogP contribution in [0.2, 0.25) is 0 Å². The number of rotatable bonds is 3. The van der Waals surface area contributed by atoms with Crippen molar-refractivity contribution in [3.05, 3.63) is 16.3 Å². The van der Waals surface area contributed by atoms with Crippen molar-refractivity contribution >= 4 is 11.5 Å². The van der Waals surface area contributed by atoms with Gasteiger partial charge in [0.2, 0.25) is 0 Å². The molecule has 1 aliphatic rings. The maximum atomic E-state index is 10.7. The molecule has 1 aliphatic heterocycles. The summed E-state index contributed by atoms with van der Waals surface area (Å²) in [6.45, 7) is 1.55. The molecular formula is C9H14N4O3. The van der Waals surface area contributed by atoms with Gasteiger partial charge in [-0.3, -0.25) is 0 Å². The van der Waals surface area contributed by atoms with Gasteiger partial charge in [0.25, 0.3) is 0 Å². The lowest BCUT2D eigenvalue weighted by Gasteiger charge is -2.31. The number of aromatic nitrogens is 2. The molecule has 2 heterocycles. The monoisotopic (exact) mass is 226 g/mol. The molecule has 7 heteroatoms. The second-order valence-electron chi connectivity index (χ2n) is 4.00. The van der Waals surface area contributed by atoms with Crippen LogP contribution in [-0.2, 0) is 0 Å². The van der Waals surface area contributed by atoms with Gasteiger partial charge >= 0.3 is 5.82 Å². The third-order valence-corrected chi connectivity index (χ3v) is 2.90. The number of anilines is 1. The minimum absolute atomic E-state index is 0.0708. The molecule has 2 rings (SSSR count). The zero-order chi connectivity index (χ0) is 11.5. The number of H-pyrrole nitrogens is 1. The largest absolute Gasteiger partial charge is 0.396 e. The molecular weight excluding hydrogens is 212 g/mol. The summed E-state index contributed by atoms with van der Waals surface area (Å²) in [4.78, 5) is 12.2. The van der Waals surface area contributed by atoms with Crippen molar-refractivity contribution in [2.24, 2.45) is 5.92 Å². The Hall–Kier alpha value is -1.63. The van der Waals surface area contributed by atoms with Gasteiger partial charge in [-0.25, -0.2) is 0 Å². The molecule has 1 aromatic heterocycles. The fraction of sp³-hybridized carbons (Fsp3) is 0.667. The van der Waals surface area contributed by atoms with E-state index in [1.807, 2.05) is 4.90 Å². The lowest BCUT2D eigenvalue weighted by Crippen LogP contribution is -2.36. The Labute approximate surface area is 92.2 Å². The number of nitrogens with one attached hydrogen (secondary N) is 1. The molecule has 1 unspecified atom stereocenters. The normalized spacial score (nSPS) is 21.1. The van der Waals surface area contributed by atoms with Gasteiger partial charge in [0.1, 0.15) is 6.20 Å². The average molecular weight is 226 g/mol. The van der Waals surface area contributed by atoms with Crippen molar-refractivity contribution in [2.75, 3.05) is 24.6 Å². The Kier molecular flexibility index (Phi) is 3.04. The molecule has 16 heavy (non-hydrogen) atoms. The molecule has 0 saturated carbocycles. The highest BCUT2D eigenvalue weighted by atomic mass is 16.6. The van der Waals surface area contributed by atoms with Crippen LogP contribution in [0.25, 0.3) is 0 Å². The summed E-state index contributed by atoms with van der Waals surface area (Å²) in [7, 11) is 0. The van der Waals surface area contributed by atoms with Crippen molar-refractivity contribution in [2.45, 2.75) is 12.8 Å². The Morgan fingerprint density at radius 1 is 1.75 bits per heavy atom. The summed E-state index contributed by atoms with van der Waals surface area (Å²) in [6, 6.07) is 0. The maximum Gasteiger partial charge on any atom is 0.366 e. The van der Waals surface area contributed by atoms with Gasteiger partial charge in [0, 0.05) is 19.7 Å². The van der Waals surface area contributed by atoms with E-state index in [-0.39, 0.29) is 18.3 Å². The highest BCUT2D eigenvalue weighted by Gasteiger charge is 2.26. The van der Waals surface area contributed by atoms with Crippen molar-refractivity contribution < 1.29 is 10.0 Å². The molecule has 1 atom stereocenters. The summed E-state index contributed by atoms with van der Waals surface area (Å²) >= 11 is 0. The summed E-state index contributed by atoms with van der Waals surface area (Å²) in [6.07, 6.45) is 3.38. The summed E-state index contributed by atoms with van der Waals surface area (Å²) in [5.41, 5.74) is 0.517. The highest BCUT2D eigenvalue weighted by molar-refractivity contribution is 5.58. The molecule has 0 aromatic carbocycles. The second-order valence-corrected chi connectivity index (χ2v) is 4.00. The predicted octanol–water partition coefficient (Wildman–Crippen LogP) is 0.527. The first-order valence-electron chi connectivity index (χ1n) is 5.26. The quantitative estimate of drug-likeness (QED) is 0.579. The topological polar surface area (TPSA) is 95.3 Å². The molecule has 7 nitrogen and oxygen atoms in total. The standard InChI is InChI=1S/C9H14N4O3/c14-6-7-2-1-3-12(5-7)8-4-10-11-9(8)13(15)16/h4,7,14H,1-3,5-6H2,(H,10,11). The van der Waals surface area contributed by atoms with Gasteiger partial charge in [-0.15, -0.1) is 5.10 Å². The van der Waals surface area contributed by atoms with Gasteiger partial charge in [0.15, 0.2) is 5.69 Å². The number of nitrogens with zero attached hydrogens (tertiary/aromatic N) is 3. The first-order chi connectivity index (χ1) is 7.72. The van der Waals surface area contributed by atoms with Gasteiger partial charge in [0.05, 0.1) is 0 Å². The minimum Gasteiger partial charge on any atom is -0.396 e. The Morgan fingerprint density at radius 3 is 3.25 bits per heavy atom. The second kappa shape index (κ2) is 4.48. The third-order valence-electron chi connectivity index (χ3n) is 2.90. The number of hydrogen-bond acceptors (Lipinski definition) is 5. The minimum atomic E-state index is -0.467. The predicted molar refractivity (Wildman–Crippen MR) is 57.3 cm³/mol. The number of aliphatic hydroxyl groups excluding tert-OH is 1. The molecule has 1 saturated heterocycles. The summed E-state index contributed by atoms with van der Waals surface area (Å²) in [5.74, 6) is 0.127. The van der Waals surface area contributed by atoms with Crippen LogP contribution >= 0.6 is 0 Å². The van der Waals surface area contributed by atoms with Gasteiger partial charge in [-0.1, -0.05) is 5.10 Å². The SMILES string of the molecule is O=[N+]([O-])c1[nH]ncc1N1CCCC(CO)C1. The van der Waals surface area contributed by atoms with Crippen LogP contribution in [-0.4, -0.2) is 39.9 Å². The molecule has 1 fully saturated rings. The van der Waals surface area contributed by atoms with Crippen LogP contribution in [0.15, 0.2) is 6.20 Å². The molecule has 0 radical (unpaired) electrons. The number of aromatic amines is 1. The smallest absolute Gasteiger partial charge is 0.366 e. The van der Waals surface area contributed by atoms with Crippen molar-refractivity contribution in [3.63, 3.8) is 0 Å². The molecule has 88 valence electrons. The van der Waals surface area contributed by atoms with E-state index in [9.17, 15) is 10.1 Å². The number of hydrogen-bond donors (Lipinski definition) is 2. The van der Waals surface area contributed by atoms with Gasteiger partial charge in [-0.2, -0.15) is 0 Å². The maximum absolute atomic E-state index is 10.7. The van der Waals surface area contributed by atoms with Crippen molar-refractivity contribution in [3.8, 4) is 0 Å². The zero-order valence-electron chi connectivity index (χ0n) is 8.80. The first kappa shape index (κ1) is 10.9. The van der Waals surface area contributed by atoms with E-state index in [1.54, 1.807) is 0 Å². The van der Waals surface area contributed by atoms with Crippen molar-refractivity contribution in [1.82, 2.24) is 10.2 Å². The fourth-order valence-electron chi connectivity index (χ4n) is 2.07. The summed E-state index contributed by atoms with van der Waals surface area (Å²) < 4.78 is 0. The van der Waals surface area contributed by atoms with Crippen LogP contribution in [0.4, 0.5) is 11.5 Å². The van der Waals surface area contributed by atoms with Crippen molar-refractivity contribution in [1.29, 1.82) is 0 Å². The zero-order valence-corrected chi connectivity index (χ0v) is 8.80. The van der Waals surface area contributed by atoms with Crippen LogP contribution in [0.3, 0.4) is 0 Å². The number of nitro groups is 1. The average Bonchev–Trinajstić information content (AvgIpc) is 2.78. The van der Waals surface area contributed by atoms with Crippen LogP contribution in [0.1, 0.15) is 12.8 Å². The van der Waals surface area contributed by atoms with Crippen LogP contribution < -0.4 is 4.90 Å². The van der Waals surface area contributed by atoms with Crippen LogP contribution in [0.5, 0.6) is 0 Å². The van der Waals surface area contributed by atoms with Gasteiger partial charge < -0.3 is 20.1 Å². The molecule has 1 aromatic rings. The first-order valence-corrected chi connectivity index (χ1v) is 5.26. The molecule has 0 amide bonds. The van der Waals surface area contributed by atoms with Gasteiger partial charge in [-0.05, 0) is 23.7 Å². The van der Waals surface area contributed by atoms with E-state index in [1.165, 1.54) is 6.20 Å². The Morgan fingerprint density at radius 2 is 2.56 bits per heavy atom. The third kappa shape index (κ3) is 1.99. The fourth-order valence-corrected chi connectivity index (χ4v) is 2.07. The molecule has 0 aliphatic carbocycles. The lowest BCUT2D eigenvalue weighted by atomic mass is 9.99. The van der Waals surface area contributed by atoms with E-state index in [2.05, 4.69) is 10.2 Å². The Bertz CT molecular complexity index is 379. The number of aliphatic hydroxyl groups is 1. The number of piperidine rings is 1.